The molecular weight excluding hydrogens is 284 g/mol. The van der Waals surface area contributed by atoms with Gasteiger partial charge >= 0.3 is 0 Å². The van der Waals surface area contributed by atoms with Crippen molar-refractivity contribution in [1.29, 1.82) is 0 Å². The Morgan fingerprint density at radius 2 is 1.57 bits per heavy atom. The number of rotatable bonds is 4. The number of nitrogens with zero attached hydrogens (tertiary/aromatic N) is 2. The molecule has 4 heteroatoms. The zero-order chi connectivity index (χ0) is 15.4. The van der Waals surface area contributed by atoms with Crippen molar-refractivity contribution < 1.29 is 4.79 Å². The topological polar surface area (TPSA) is 23.6 Å². The smallest absolute Gasteiger partial charge is 0.237 e. The summed E-state index contributed by atoms with van der Waals surface area (Å²) in [5, 5.41) is 0. The second kappa shape index (κ2) is 7.28. The minimum atomic E-state index is 0.0465. The van der Waals surface area contributed by atoms with Crippen molar-refractivity contribution in [2.24, 2.45) is 0 Å². The Kier molecular flexibility index (Phi) is 5.65. The Balaban J connectivity index is 1.95. The summed E-state index contributed by atoms with van der Waals surface area (Å²) in [6.45, 7) is 10.0. The van der Waals surface area contributed by atoms with Crippen LogP contribution in [0.2, 0.25) is 0 Å². The molecule has 1 aromatic rings. The molecule has 1 amide bonds. The van der Waals surface area contributed by atoms with Crippen LogP contribution in [0.1, 0.15) is 43.9 Å². The number of halogens is 1. The third-order valence-electron chi connectivity index (χ3n) is 4.41. The SMILES string of the molecule is CC(C)c1ccc(C(C)N2CCN(C(=O)CCl)CC2)cc1. The van der Waals surface area contributed by atoms with E-state index < -0.39 is 0 Å². The number of carbonyl (C=O) groups excluding carboxylic acids is 1. The van der Waals surface area contributed by atoms with Gasteiger partial charge in [-0.2, -0.15) is 0 Å². The van der Waals surface area contributed by atoms with E-state index in [2.05, 4.69) is 49.9 Å². The van der Waals surface area contributed by atoms with Crippen molar-refractivity contribution in [2.75, 3.05) is 32.1 Å². The van der Waals surface area contributed by atoms with E-state index in [1.165, 1.54) is 11.1 Å². The summed E-state index contributed by atoms with van der Waals surface area (Å²) < 4.78 is 0. The first-order valence-corrected chi connectivity index (χ1v) is 8.24. The quantitative estimate of drug-likeness (QED) is 0.797. The predicted octanol–water partition coefficient (Wildman–Crippen LogP) is 3.25. The standard InChI is InChI=1S/C17H25ClN2O/c1-13(2)15-4-6-16(7-5-15)14(3)19-8-10-20(11-9-19)17(21)12-18/h4-7,13-14H,8-12H2,1-3H3. The van der Waals surface area contributed by atoms with E-state index >= 15 is 0 Å². The average molecular weight is 309 g/mol. The van der Waals surface area contributed by atoms with Crippen LogP contribution in [0.5, 0.6) is 0 Å². The lowest BCUT2D eigenvalue weighted by Crippen LogP contribution is -2.49. The Hall–Kier alpha value is -1.06. The molecule has 0 saturated carbocycles. The number of carbonyl (C=O) groups is 1. The summed E-state index contributed by atoms with van der Waals surface area (Å²) in [4.78, 5) is 15.9. The van der Waals surface area contributed by atoms with E-state index in [0.29, 0.717) is 12.0 Å². The lowest BCUT2D eigenvalue weighted by molar-refractivity contribution is -0.130. The first-order valence-electron chi connectivity index (χ1n) is 7.70. The van der Waals surface area contributed by atoms with Crippen LogP contribution in [0.25, 0.3) is 0 Å². The van der Waals surface area contributed by atoms with Crippen molar-refractivity contribution in [2.45, 2.75) is 32.7 Å². The van der Waals surface area contributed by atoms with Crippen LogP contribution in [0.3, 0.4) is 0 Å². The fourth-order valence-electron chi connectivity index (χ4n) is 2.81. The van der Waals surface area contributed by atoms with Crippen molar-refractivity contribution >= 4 is 17.5 Å². The molecule has 116 valence electrons. The third-order valence-corrected chi connectivity index (χ3v) is 4.64. The van der Waals surface area contributed by atoms with Crippen LogP contribution < -0.4 is 0 Å². The molecule has 1 heterocycles. The van der Waals surface area contributed by atoms with Gasteiger partial charge in [-0.05, 0) is 24.0 Å². The molecule has 0 spiro atoms. The number of alkyl halides is 1. The number of hydrogen-bond donors (Lipinski definition) is 0. The molecule has 1 fully saturated rings. The van der Waals surface area contributed by atoms with E-state index in [-0.39, 0.29) is 11.8 Å². The Bertz CT molecular complexity index is 464. The van der Waals surface area contributed by atoms with E-state index in [9.17, 15) is 4.79 Å². The van der Waals surface area contributed by atoms with E-state index in [1.807, 2.05) is 4.90 Å². The van der Waals surface area contributed by atoms with Crippen LogP contribution in [0.15, 0.2) is 24.3 Å². The van der Waals surface area contributed by atoms with Gasteiger partial charge in [0, 0.05) is 32.2 Å². The second-order valence-corrected chi connectivity index (χ2v) is 6.31. The predicted molar refractivity (Wildman–Crippen MR) is 87.8 cm³/mol. The molecule has 2 rings (SSSR count). The molecule has 1 aliphatic heterocycles. The largest absolute Gasteiger partial charge is 0.339 e. The molecule has 1 atom stereocenters. The summed E-state index contributed by atoms with van der Waals surface area (Å²) in [5.41, 5.74) is 2.72. The molecule has 1 saturated heterocycles. The summed E-state index contributed by atoms with van der Waals surface area (Å²) in [7, 11) is 0. The van der Waals surface area contributed by atoms with Gasteiger partial charge in [-0.15, -0.1) is 11.6 Å². The van der Waals surface area contributed by atoms with Crippen LogP contribution >= 0.6 is 11.6 Å². The summed E-state index contributed by atoms with van der Waals surface area (Å²) in [5.74, 6) is 0.705. The minimum Gasteiger partial charge on any atom is -0.339 e. The average Bonchev–Trinajstić information content (AvgIpc) is 2.53. The Labute approximate surface area is 132 Å². The molecule has 21 heavy (non-hydrogen) atoms. The maximum Gasteiger partial charge on any atom is 0.237 e. The van der Waals surface area contributed by atoms with Crippen LogP contribution in [-0.2, 0) is 4.79 Å². The van der Waals surface area contributed by atoms with Crippen LogP contribution in [0, 0.1) is 0 Å². The molecule has 0 aliphatic carbocycles. The lowest BCUT2D eigenvalue weighted by Gasteiger charge is -2.38. The molecule has 1 unspecified atom stereocenters. The second-order valence-electron chi connectivity index (χ2n) is 6.05. The third kappa shape index (κ3) is 3.98. The highest BCUT2D eigenvalue weighted by Crippen LogP contribution is 2.24. The molecule has 1 aromatic carbocycles. The normalized spacial score (nSPS) is 18.0. The summed E-state index contributed by atoms with van der Waals surface area (Å²) >= 11 is 5.62. The maximum atomic E-state index is 11.6. The molecule has 0 aromatic heterocycles. The molecule has 0 radical (unpaired) electrons. The van der Waals surface area contributed by atoms with Crippen molar-refractivity contribution in [3.8, 4) is 0 Å². The van der Waals surface area contributed by atoms with E-state index in [0.717, 1.165) is 26.2 Å². The minimum absolute atomic E-state index is 0.0465. The highest BCUT2D eigenvalue weighted by Gasteiger charge is 2.24. The molecule has 1 aliphatic rings. The monoisotopic (exact) mass is 308 g/mol. The number of hydrogen-bond acceptors (Lipinski definition) is 2. The van der Waals surface area contributed by atoms with Gasteiger partial charge in [0.2, 0.25) is 5.91 Å². The zero-order valence-corrected chi connectivity index (χ0v) is 13.9. The van der Waals surface area contributed by atoms with Gasteiger partial charge in [0.1, 0.15) is 5.88 Å². The van der Waals surface area contributed by atoms with E-state index in [1.54, 1.807) is 0 Å². The van der Waals surface area contributed by atoms with Gasteiger partial charge in [-0.3, -0.25) is 9.69 Å². The number of benzene rings is 1. The summed E-state index contributed by atoms with van der Waals surface area (Å²) in [6, 6.07) is 9.31. The van der Waals surface area contributed by atoms with Gasteiger partial charge in [0.25, 0.3) is 0 Å². The van der Waals surface area contributed by atoms with Crippen molar-refractivity contribution in [3.05, 3.63) is 35.4 Å². The van der Waals surface area contributed by atoms with Gasteiger partial charge in [0.05, 0.1) is 0 Å². The van der Waals surface area contributed by atoms with Gasteiger partial charge in [0.15, 0.2) is 0 Å². The van der Waals surface area contributed by atoms with Crippen LogP contribution in [-0.4, -0.2) is 47.8 Å². The number of amides is 1. The van der Waals surface area contributed by atoms with Crippen molar-refractivity contribution in [1.82, 2.24) is 9.80 Å². The first-order chi connectivity index (χ1) is 10.0. The number of piperazine rings is 1. The fourth-order valence-corrected chi connectivity index (χ4v) is 2.98. The lowest BCUT2D eigenvalue weighted by atomic mass is 9.99. The van der Waals surface area contributed by atoms with Gasteiger partial charge < -0.3 is 4.90 Å². The molecule has 0 N–H and O–H groups in total. The van der Waals surface area contributed by atoms with Gasteiger partial charge in [-0.1, -0.05) is 38.1 Å². The Morgan fingerprint density at radius 3 is 2.05 bits per heavy atom. The Morgan fingerprint density at radius 1 is 1.05 bits per heavy atom. The summed E-state index contributed by atoms with van der Waals surface area (Å²) in [6.07, 6.45) is 0. The van der Waals surface area contributed by atoms with Crippen LogP contribution in [0.4, 0.5) is 0 Å². The van der Waals surface area contributed by atoms with Gasteiger partial charge in [-0.25, -0.2) is 0 Å². The fraction of sp³-hybridized carbons (Fsp3) is 0.588. The zero-order valence-electron chi connectivity index (χ0n) is 13.2. The molecular formula is C17H25ClN2O. The van der Waals surface area contributed by atoms with Crippen molar-refractivity contribution in [3.63, 3.8) is 0 Å². The molecule has 0 bridgehead atoms. The first kappa shape index (κ1) is 16.3. The van der Waals surface area contributed by atoms with E-state index in [4.69, 9.17) is 11.6 Å². The molecule has 3 nitrogen and oxygen atoms in total. The maximum absolute atomic E-state index is 11.6. The highest BCUT2D eigenvalue weighted by molar-refractivity contribution is 6.27. The highest BCUT2D eigenvalue weighted by atomic mass is 35.5.